The molecule has 1 saturated heterocycles. The van der Waals surface area contributed by atoms with Gasteiger partial charge in [-0.15, -0.1) is 0 Å². The first-order valence-electron chi connectivity index (χ1n) is 12.1. The van der Waals surface area contributed by atoms with Crippen LogP contribution < -0.4 is 20.3 Å². The van der Waals surface area contributed by atoms with Gasteiger partial charge in [-0.3, -0.25) is 9.36 Å². The number of ether oxygens (including phenoxy) is 3. The second-order valence-corrected chi connectivity index (χ2v) is 10.2. The summed E-state index contributed by atoms with van der Waals surface area (Å²) in [4.78, 5) is 37.3. The third-order valence-electron chi connectivity index (χ3n) is 6.24. The molecule has 4 rings (SSSR count). The number of rotatable bonds is 5. The number of aromatic nitrogens is 3. The zero-order valence-corrected chi connectivity index (χ0v) is 22.7. The average molecular weight is 530 g/mol. The van der Waals surface area contributed by atoms with Gasteiger partial charge < -0.3 is 24.4 Å². The summed E-state index contributed by atoms with van der Waals surface area (Å²) in [6.45, 7) is 6.43. The van der Waals surface area contributed by atoms with E-state index in [4.69, 9.17) is 25.8 Å². The Hall–Kier alpha value is -3.53. The molecule has 0 spiro atoms. The van der Waals surface area contributed by atoms with E-state index in [1.54, 1.807) is 40.9 Å². The molecule has 1 aliphatic heterocycles. The number of methoxy groups -OCH3 is 2. The van der Waals surface area contributed by atoms with Crippen molar-refractivity contribution in [1.82, 2.24) is 19.4 Å². The van der Waals surface area contributed by atoms with Crippen LogP contribution in [0.2, 0.25) is 5.02 Å². The minimum Gasteiger partial charge on any atom is -0.497 e. The van der Waals surface area contributed by atoms with E-state index in [2.05, 4.69) is 15.3 Å². The number of carbonyl (C=O) groups excluding carboxylic acids is 1. The van der Waals surface area contributed by atoms with Crippen LogP contribution in [0.5, 0.6) is 11.5 Å². The van der Waals surface area contributed by atoms with Crippen molar-refractivity contribution in [3.63, 3.8) is 0 Å². The lowest BCUT2D eigenvalue weighted by molar-refractivity contribution is 0.0189. The number of anilines is 1. The minimum atomic E-state index is -0.576. The molecule has 2 aromatic heterocycles. The molecule has 198 valence electrons. The van der Waals surface area contributed by atoms with Crippen molar-refractivity contribution in [3.05, 3.63) is 39.8 Å². The lowest BCUT2D eigenvalue weighted by atomic mass is 10.0. The topological polar surface area (TPSA) is 108 Å². The summed E-state index contributed by atoms with van der Waals surface area (Å²) in [7, 11) is 4.77. The first-order chi connectivity index (χ1) is 17.6. The van der Waals surface area contributed by atoms with Crippen LogP contribution in [0.25, 0.3) is 22.2 Å². The summed E-state index contributed by atoms with van der Waals surface area (Å²) in [6.07, 6.45) is 2.44. The van der Waals surface area contributed by atoms with Gasteiger partial charge in [-0.2, -0.15) is 4.98 Å². The Kier molecular flexibility index (Phi) is 7.49. The number of hydrogen-bond donors (Lipinski definition) is 1. The van der Waals surface area contributed by atoms with Crippen molar-refractivity contribution in [2.24, 2.45) is 0 Å². The van der Waals surface area contributed by atoms with E-state index >= 15 is 0 Å². The predicted molar refractivity (Wildman–Crippen MR) is 143 cm³/mol. The smallest absolute Gasteiger partial charge is 0.410 e. The highest BCUT2D eigenvalue weighted by Gasteiger charge is 2.30. The lowest BCUT2D eigenvalue weighted by Crippen LogP contribution is -2.43. The molecule has 1 fully saturated rings. The number of benzene rings is 1. The largest absolute Gasteiger partial charge is 0.497 e. The predicted octanol–water partition coefficient (Wildman–Crippen LogP) is 4.74. The van der Waals surface area contributed by atoms with Gasteiger partial charge in [-0.1, -0.05) is 11.6 Å². The molecular formula is C26H32ClN5O5. The molecule has 1 N–H and O–H groups in total. The van der Waals surface area contributed by atoms with E-state index in [0.717, 1.165) is 0 Å². The second kappa shape index (κ2) is 10.5. The van der Waals surface area contributed by atoms with Crippen LogP contribution >= 0.6 is 11.6 Å². The highest BCUT2D eigenvalue weighted by molar-refractivity contribution is 6.35. The molecule has 37 heavy (non-hydrogen) atoms. The summed E-state index contributed by atoms with van der Waals surface area (Å²) in [6, 6.07) is 4.93. The van der Waals surface area contributed by atoms with Gasteiger partial charge in [0, 0.05) is 55.0 Å². The molecule has 1 aliphatic rings. The van der Waals surface area contributed by atoms with E-state index in [1.807, 2.05) is 20.8 Å². The SMILES string of the molecule is CNc1ncc2cc(-c3cc(OC)cc(OC)c3Cl)c(=O)n(C3CCN(C(=O)OC(C)(C)C)CC3)c2n1. The van der Waals surface area contributed by atoms with Gasteiger partial charge in [0.05, 0.1) is 19.2 Å². The van der Waals surface area contributed by atoms with Gasteiger partial charge in [0.15, 0.2) is 0 Å². The maximum Gasteiger partial charge on any atom is 0.410 e. The molecule has 0 bridgehead atoms. The van der Waals surface area contributed by atoms with Crippen molar-refractivity contribution >= 4 is 34.7 Å². The molecule has 0 atom stereocenters. The zero-order valence-electron chi connectivity index (χ0n) is 21.9. The third kappa shape index (κ3) is 5.44. The number of nitrogens with zero attached hydrogens (tertiary/aromatic N) is 4. The quantitative estimate of drug-likeness (QED) is 0.505. The maximum atomic E-state index is 14.1. The summed E-state index contributed by atoms with van der Waals surface area (Å²) in [5, 5.41) is 3.92. The molecular weight excluding hydrogens is 498 g/mol. The number of nitrogens with one attached hydrogen (secondary N) is 1. The first kappa shape index (κ1) is 26.5. The summed E-state index contributed by atoms with van der Waals surface area (Å²) < 4.78 is 18.1. The van der Waals surface area contributed by atoms with E-state index in [-0.39, 0.29) is 17.7 Å². The molecule has 0 saturated carbocycles. The maximum absolute atomic E-state index is 14.1. The number of hydrogen-bond acceptors (Lipinski definition) is 8. The number of piperidine rings is 1. The second-order valence-electron chi connectivity index (χ2n) is 9.85. The number of pyridine rings is 1. The standard InChI is InChI=1S/C26H32ClN5O5/c1-26(2,3)37-25(34)31-9-7-16(8-10-31)32-22-15(14-29-24(28-4)30-22)11-19(23(32)33)18-12-17(35-5)13-20(36-6)21(18)27/h11-14,16H,7-10H2,1-6H3,(H,28,29,30). The average Bonchev–Trinajstić information content (AvgIpc) is 2.87. The fraction of sp³-hybridized carbons (Fsp3) is 0.462. The molecule has 0 unspecified atom stereocenters. The van der Waals surface area contributed by atoms with Crippen molar-refractivity contribution in [1.29, 1.82) is 0 Å². The lowest BCUT2D eigenvalue weighted by Gasteiger charge is -2.34. The monoisotopic (exact) mass is 529 g/mol. The van der Waals surface area contributed by atoms with Crippen molar-refractivity contribution in [2.45, 2.75) is 45.3 Å². The molecule has 10 nitrogen and oxygen atoms in total. The Balaban J connectivity index is 1.82. The molecule has 3 heterocycles. The summed E-state index contributed by atoms with van der Waals surface area (Å²) in [5.41, 5.74) is 0.552. The van der Waals surface area contributed by atoms with Gasteiger partial charge in [0.1, 0.15) is 22.7 Å². The summed E-state index contributed by atoms with van der Waals surface area (Å²) in [5.74, 6) is 1.31. The van der Waals surface area contributed by atoms with E-state index in [0.29, 0.717) is 70.6 Å². The third-order valence-corrected chi connectivity index (χ3v) is 6.63. The fourth-order valence-corrected chi connectivity index (χ4v) is 4.73. The van der Waals surface area contributed by atoms with Crippen LogP contribution in [0.1, 0.15) is 39.7 Å². The number of likely N-dealkylation sites (tertiary alicyclic amines) is 1. The van der Waals surface area contributed by atoms with Crippen molar-refractivity contribution < 1.29 is 19.0 Å². The Morgan fingerprint density at radius 3 is 2.41 bits per heavy atom. The van der Waals surface area contributed by atoms with Crippen molar-refractivity contribution in [3.8, 4) is 22.6 Å². The Morgan fingerprint density at radius 1 is 1.11 bits per heavy atom. The molecule has 3 aromatic rings. The molecule has 0 aliphatic carbocycles. The van der Waals surface area contributed by atoms with Gasteiger partial charge >= 0.3 is 6.09 Å². The number of amides is 1. The Morgan fingerprint density at radius 2 is 1.81 bits per heavy atom. The van der Waals surface area contributed by atoms with Gasteiger partial charge in [-0.05, 0) is 45.7 Å². The van der Waals surface area contributed by atoms with Crippen LogP contribution in [0.3, 0.4) is 0 Å². The van der Waals surface area contributed by atoms with Crippen molar-refractivity contribution in [2.75, 3.05) is 39.7 Å². The van der Waals surface area contributed by atoms with Crippen LogP contribution in [0.15, 0.2) is 29.2 Å². The highest BCUT2D eigenvalue weighted by atomic mass is 35.5. The first-order valence-corrected chi connectivity index (χ1v) is 12.4. The van der Waals surface area contributed by atoms with Gasteiger partial charge in [-0.25, -0.2) is 9.78 Å². The van der Waals surface area contributed by atoms with Gasteiger partial charge in [0.25, 0.3) is 5.56 Å². The number of carbonyl (C=O) groups is 1. The molecule has 0 radical (unpaired) electrons. The Labute approximate surface area is 220 Å². The van der Waals surface area contributed by atoms with Crippen LogP contribution in [-0.4, -0.2) is 65.5 Å². The number of halogens is 1. The molecule has 1 amide bonds. The summed E-state index contributed by atoms with van der Waals surface area (Å²) >= 11 is 6.66. The fourth-order valence-electron chi connectivity index (χ4n) is 4.44. The minimum absolute atomic E-state index is 0.195. The van der Waals surface area contributed by atoms with E-state index < -0.39 is 5.60 Å². The van der Waals surface area contributed by atoms with Gasteiger partial charge in [0.2, 0.25) is 5.95 Å². The normalized spacial score (nSPS) is 14.5. The van der Waals surface area contributed by atoms with E-state index in [1.165, 1.54) is 14.2 Å². The van der Waals surface area contributed by atoms with Crippen LogP contribution in [0.4, 0.5) is 10.7 Å². The van der Waals surface area contributed by atoms with Crippen LogP contribution in [0, 0.1) is 0 Å². The number of fused-ring (bicyclic) bond motifs is 1. The molecule has 1 aromatic carbocycles. The Bertz CT molecular complexity index is 1380. The van der Waals surface area contributed by atoms with Crippen LogP contribution in [-0.2, 0) is 4.74 Å². The zero-order chi connectivity index (χ0) is 26.9. The molecule has 11 heteroatoms. The highest BCUT2D eigenvalue weighted by Crippen LogP contribution is 2.39. The van der Waals surface area contributed by atoms with E-state index in [9.17, 15) is 9.59 Å².